The summed E-state index contributed by atoms with van der Waals surface area (Å²) < 4.78 is 14.0. The smallest absolute Gasteiger partial charge is 0.123 e. The Morgan fingerprint density at radius 2 is 2.00 bits per heavy atom. The summed E-state index contributed by atoms with van der Waals surface area (Å²) in [4.78, 5) is 0. The molecular weight excluding hydrogens is 317 g/mol. The predicted molar refractivity (Wildman–Crippen MR) is 76.2 cm³/mol. The van der Waals surface area contributed by atoms with Crippen molar-refractivity contribution in [2.45, 2.75) is 12.5 Å². The fourth-order valence-electron chi connectivity index (χ4n) is 1.79. The van der Waals surface area contributed by atoms with Crippen LogP contribution in [-0.2, 0) is 6.42 Å². The summed E-state index contributed by atoms with van der Waals surface area (Å²) in [5.74, 6) is -0.258. The third kappa shape index (κ3) is 3.31. The van der Waals surface area contributed by atoms with Crippen molar-refractivity contribution >= 4 is 27.5 Å². The van der Waals surface area contributed by atoms with Gasteiger partial charge in [-0.05, 0) is 47.9 Å². The second-order valence-electron chi connectivity index (χ2n) is 4.10. The minimum absolute atomic E-state index is 0.207. The summed E-state index contributed by atoms with van der Waals surface area (Å²) in [7, 11) is 0. The third-order valence-corrected chi connectivity index (χ3v) is 3.73. The molecule has 94 valence electrons. The van der Waals surface area contributed by atoms with E-state index in [1.807, 2.05) is 18.2 Å². The van der Waals surface area contributed by atoms with Crippen LogP contribution in [0.25, 0.3) is 0 Å². The van der Waals surface area contributed by atoms with Crippen LogP contribution in [0, 0.1) is 5.82 Å². The summed E-state index contributed by atoms with van der Waals surface area (Å²) in [6.07, 6.45) is 0.554. The zero-order valence-corrected chi connectivity index (χ0v) is 11.9. The number of nitrogens with two attached hydrogens (primary N) is 1. The summed E-state index contributed by atoms with van der Waals surface area (Å²) in [6, 6.07) is 11.8. The molecule has 18 heavy (non-hydrogen) atoms. The van der Waals surface area contributed by atoms with Gasteiger partial charge in [0.25, 0.3) is 0 Å². The molecular formula is C14H12BrClFN. The van der Waals surface area contributed by atoms with Gasteiger partial charge in [-0.25, -0.2) is 4.39 Å². The molecule has 2 aromatic carbocycles. The molecule has 0 saturated heterocycles. The normalized spacial score (nSPS) is 12.4. The lowest BCUT2D eigenvalue weighted by Gasteiger charge is -2.13. The second-order valence-corrected chi connectivity index (χ2v) is 5.39. The van der Waals surface area contributed by atoms with E-state index in [2.05, 4.69) is 15.9 Å². The Bertz CT molecular complexity index is 559. The Labute approximate surface area is 119 Å². The van der Waals surface area contributed by atoms with Crippen LogP contribution in [0.3, 0.4) is 0 Å². The van der Waals surface area contributed by atoms with Gasteiger partial charge in [-0.15, -0.1) is 0 Å². The van der Waals surface area contributed by atoms with Crippen LogP contribution < -0.4 is 5.73 Å². The monoisotopic (exact) mass is 327 g/mol. The molecule has 0 aliphatic rings. The van der Waals surface area contributed by atoms with Gasteiger partial charge in [-0.1, -0.05) is 39.7 Å². The van der Waals surface area contributed by atoms with E-state index < -0.39 is 0 Å². The van der Waals surface area contributed by atoms with E-state index in [1.54, 1.807) is 12.1 Å². The molecule has 2 N–H and O–H groups in total. The van der Waals surface area contributed by atoms with Crippen LogP contribution in [0.2, 0.25) is 5.02 Å². The molecule has 1 unspecified atom stereocenters. The summed E-state index contributed by atoms with van der Waals surface area (Å²) >= 11 is 9.32. The first-order valence-electron chi connectivity index (χ1n) is 5.51. The maximum absolute atomic E-state index is 13.2. The van der Waals surface area contributed by atoms with Crippen LogP contribution in [0.15, 0.2) is 46.9 Å². The van der Waals surface area contributed by atoms with Crippen molar-refractivity contribution < 1.29 is 4.39 Å². The van der Waals surface area contributed by atoms with E-state index in [9.17, 15) is 4.39 Å². The molecule has 0 amide bonds. The highest BCUT2D eigenvalue weighted by Gasteiger charge is 2.10. The van der Waals surface area contributed by atoms with Gasteiger partial charge in [0.1, 0.15) is 5.82 Å². The van der Waals surface area contributed by atoms with Gasteiger partial charge in [0.2, 0.25) is 0 Å². The Kier molecular flexibility index (Phi) is 4.38. The molecule has 1 nitrogen and oxygen atoms in total. The average Bonchev–Trinajstić information content (AvgIpc) is 2.34. The Balaban J connectivity index is 2.21. The quantitative estimate of drug-likeness (QED) is 0.883. The minimum Gasteiger partial charge on any atom is -0.324 e. The van der Waals surface area contributed by atoms with Crippen molar-refractivity contribution in [3.8, 4) is 0 Å². The zero-order valence-electron chi connectivity index (χ0n) is 9.54. The van der Waals surface area contributed by atoms with Crippen LogP contribution in [0.1, 0.15) is 17.2 Å². The topological polar surface area (TPSA) is 26.0 Å². The van der Waals surface area contributed by atoms with Gasteiger partial charge >= 0.3 is 0 Å². The maximum Gasteiger partial charge on any atom is 0.123 e. The first-order chi connectivity index (χ1) is 8.56. The highest BCUT2D eigenvalue weighted by atomic mass is 79.9. The Morgan fingerprint density at radius 3 is 2.72 bits per heavy atom. The molecule has 0 bridgehead atoms. The van der Waals surface area contributed by atoms with Crippen molar-refractivity contribution in [3.05, 3.63) is 68.9 Å². The predicted octanol–water partition coefficient (Wildman–Crippen LogP) is 4.48. The molecule has 1 atom stereocenters. The number of rotatable bonds is 3. The van der Waals surface area contributed by atoms with Gasteiger partial charge in [0.15, 0.2) is 0 Å². The van der Waals surface area contributed by atoms with Gasteiger partial charge < -0.3 is 5.73 Å². The molecule has 4 heteroatoms. The molecule has 0 aliphatic heterocycles. The van der Waals surface area contributed by atoms with Crippen LogP contribution in [0.5, 0.6) is 0 Å². The Hall–Kier alpha value is -0.900. The van der Waals surface area contributed by atoms with Crippen molar-refractivity contribution in [1.29, 1.82) is 0 Å². The lowest BCUT2D eigenvalue weighted by molar-refractivity contribution is 0.621. The summed E-state index contributed by atoms with van der Waals surface area (Å²) in [5, 5.41) is 0.654. The lowest BCUT2D eigenvalue weighted by Crippen LogP contribution is -2.13. The first-order valence-corrected chi connectivity index (χ1v) is 6.68. The largest absolute Gasteiger partial charge is 0.324 e. The van der Waals surface area contributed by atoms with E-state index in [0.29, 0.717) is 11.4 Å². The zero-order chi connectivity index (χ0) is 13.1. The third-order valence-electron chi connectivity index (χ3n) is 2.72. The van der Waals surface area contributed by atoms with Crippen LogP contribution >= 0.6 is 27.5 Å². The van der Waals surface area contributed by atoms with Crippen molar-refractivity contribution in [2.75, 3.05) is 0 Å². The first kappa shape index (κ1) is 13.5. The van der Waals surface area contributed by atoms with Gasteiger partial charge in [-0.2, -0.15) is 0 Å². The highest BCUT2D eigenvalue weighted by Crippen LogP contribution is 2.24. The van der Waals surface area contributed by atoms with Crippen molar-refractivity contribution in [2.24, 2.45) is 5.73 Å². The second kappa shape index (κ2) is 5.83. The van der Waals surface area contributed by atoms with E-state index in [0.717, 1.165) is 15.6 Å². The van der Waals surface area contributed by atoms with Gasteiger partial charge in [0, 0.05) is 15.5 Å². The number of halogens is 3. The van der Waals surface area contributed by atoms with Crippen LogP contribution in [-0.4, -0.2) is 0 Å². The van der Waals surface area contributed by atoms with Crippen molar-refractivity contribution in [3.63, 3.8) is 0 Å². The molecule has 0 fully saturated rings. The number of benzene rings is 2. The molecule has 0 spiro atoms. The fourth-order valence-corrected chi connectivity index (χ4v) is 2.40. The average molecular weight is 329 g/mol. The van der Waals surface area contributed by atoms with E-state index in [1.165, 1.54) is 12.1 Å². The standard InChI is InChI=1S/C14H12BrClFN/c15-13-5-4-12(17)7-10(13)8-14(18)9-2-1-3-11(16)6-9/h1-7,14H,8,18H2. The minimum atomic E-state index is -0.258. The maximum atomic E-state index is 13.2. The molecule has 0 saturated carbocycles. The van der Waals surface area contributed by atoms with Crippen molar-refractivity contribution in [1.82, 2.24) is 0 Å². The molecule has 2 rings (SSSR count). The van der Waals surface area contributed by atoms with E-state index in [-0.39, 0.29) is 11.9 Å². The molecule has 0 aromatic heterocycles. The Morgan fingerprint density at radius 1 is 1.22 bits per heavy atom. The molecule has 0 radical (unpaired) electrons. The lowest BCUT2D eigenvalue weighted by atomic mass is 10.00. The fraction of sp³-hybridized carbons (Fsp3) is 0.143. The molecule has 2 aromatic rings. The molecule has 0 heterocycles. The highest BCUT2D eigenvalue weighted by molar-refractivity contribution is 9.10. The van der Waals surface area contributed by atoms with Gasteiger partial charge in [0.05, 0.1) is 0 Å². The van der Waals surface area contributed by atoms with E-state index >= 15 is 0 Å². The summed E-state index contributed by atoms with van der Waals surface area (Å²) in [6.45, 7) is 0. The van der Waals surface area contributed by atoms with Crippen LogP contribution in [0.4, 0.5) is 4.39 Å². The summed E-state index contributed by atoms with van der Waals surface area (Å²) in [5.41, 5.74) is 7.91. The molecule has 0 aliphatic carbocycles. The van der Waals surface area contributed by atoms with E-state index in [4.69, 9.17) is 17.3 Å². The number of hydrogen-bond donors (Lipinski definition) is 1. The SMILES string of the molecule is NC(Cc1cc(F)ccc1Br)c1cccc(Cl)c1. The number of hydrogen-bond acceptors (Lipinski definition) is 1. The van der Waals surface area contributed by atoms with Gasteiger partial charge in [-0.3, -0.25) is 0 Å².